The topological polar surface area (TPSA) is 109 Å². The molecule has 1 aliphatic carbocycles. The first kappa shape index (κ1) is 23.0. The molecule has 3 fully saturated rings. The fourth-order valence-electron chi connectivity index (χ4n) is 5.59. The van der Waals surface area contributed by atoms with Crippen LogP contribution in [0.1, 0.15) is 31.2 Å². The van der Waals surface area contributed by atoms with Gasteiger partial charge in [-0.3, -0.25) is 9.88 Å². The van der Waals surface area contributed by atoms with Crippen molar-refractivity contribution in [3.05, 3.63) is 52.6 Å². The molecule has 1 aromatic carbocycles. The van der Waals surface area contributed by atoms with Gasteiger partial charge in [0.05, 0.1) is 5.69 Å². The van der Waals surface area contributed by atoms with E-state index in [1.54, 1.807) is 17.2 Å². The molecule has 0 atom stereocenters. The minimum atomic E-state index is -0.407. The van der Waals surface area contributed by atoms with E-state index in [9.17, 15) is 9.59 Å². The van der Waals surface area contributed by atoms with Gasteiger partial charge < -0.3 is 20.9 Å². The minimum Gasteiger partial charge on any atom is -0.328 e. The summed E-state index contributed by atoms with van der Waals surface area (Å²) in [6.07, 6.45) is 7.54. The number of anilines is 1. The fourth-order valence-corrected chi connectivity index (χ4v) is 5.59. The third-order valence-corrected chi connectivity index (χ3v) is 7.66. The van der Waals surface area contributed by atoms with E-state index in [0.717, 1.165) is 44.8 Å². The molecular weight excluding hydrogens is 430 g/mol. The summed E-state index contributed by atoms with van der Waals surface area (Å²) in [5, 5.41) is 5.95. The zero-order valence-corrected chi connectivity index (χ0v) is 19.7. The van der Waals surface area contributed by atoms with E-state index in [1.165, 1.54) is 35.8 Å². The maximum absolute atomic E-state index is 12.7. The number of piperidine rings is 1. The molecular formula is C25H35N7O2. The molecule has 182 valence electrons. The Hall–Kier alpha value is -2.75. The number of nitrogens with one attached hydrogen (secondary N) is 2. The molecule has 1 spiro atoms. The van der Waals surface area contributed by atoms with Crippen molar-refractivity contribution in [2.24, 2.45) is 11.1 Å². The Bertz CT molecular complexity index is 1060. The van der Waals surface area contributed by atoms with Gasteiger partial charge in [0, 0.05) is 45.0 Å². The van der Waals surface area contributed by atoms with Gasteiger partial charge in [-0.25, -0.2) is 9.59 Å². The van der Waals surface area contributed by atoms with Crippen molar-refractivity contribution in [2.45, 2.75) is 38.1 Å². The van der Waals surface area contributed by atoms with Crippen LogP contribution in [0.25, 0.3) is 5.69 Å². The molecule has 2 amide bonds. The summed E-state index contributed by atoms with van der Waals surface area (Å²) in [6.45, 7) is 6.14. The highest BCUT2D eigenvalue weighted by atomic mass is 16.2. The van der Waals surface area contributed by atoms with Crippen LogP contribution in [-0.2, 0) is 6.42 Å². The quantitative estimate of drug-likeness (QED) is 0.616. The van der Waals surface area contributed by atoms with Crippen LogP contribution in [0, 0.1) is 5.41 Å². The number of urea groups is 1. The summed E-state index contributed by atoms with van der Waals surface area (Å²) in [7, 11) is 0. The van der Waals surface area contributed by atoms with Crippen LogP contribution in [0.5, 0.6) is 0 Å². The highest BCUT2D eigenvalue weighted by Gasteiger charge is 2.43. The Morgan fingerprint density at radius 2 is 1.91 bits per heavy atom. The SMILES string of the molecule is NC1CC2(CCN(CCc3cccc(-n4ccc(NC(=O)N5CCNCC5)nc4=O)c3)CC2)C1. The molecule has 2 saturated heterocycles. The molecule has 3 heterocycles. The molecule has 9 nitrogen and oxygen atoms in total. The number of carbonyl (C=O) groups is 1. The van der Waals surface area contributed by atoms with Crippen LogP contribution in [0.2, 0.25) is 0 Å². The lowest BCUT2D eigenvalue weighted by Crippen LogP contribution is -2.52. The monoisotopic (exact) mass is 465 g/mol. The lowest BCUT2D eigenvalue weighted by atomic mass is 9.61. The summed E-state index contributed by atoms with van der Waals surface area (Å²) in [4.78, 5) is 33.4. The number of carbonyl (C=O) groups excluding carboxylic acids is 1. The normalized spacial score (nSPS) is 20.8. The summed E-state index contributed by atoms with van der Waals surface area (Å²) < 4.78 is 1.52. The fraction of sp³-hybridized carbons (Fsp3) is 0.560. The first-order valence-electron chi connectivity index (χ1n) is 12.4. The first-order chi connectivity index (χ1) is 16.5. The smallest absolute Gasteiger partial charge is 0.328 e. The number of aromatic nitrogens is 2. The zero-order chi connectivity index (χ0) is 23.5. The van der Waals surface area contributed by atoms with Crippen molar-refractivity contribution in [3.63, 3.8) is 0 Å². The van der Waals surface area contributed by atoms with E-state index in [-0.39, 0.29) is 11.8 Å². The van der Waals surface area contributed by atoms with Crippen molar-refractivity contribution in [1.82, 2.24) is 24.7 Å². The molecule has 0 unspecified atom stereocenters. The second-order valence-electron chi connectivity index (χ2n) is 10.1. The Morgan fingerprint density at radius 3 is 2.62 bits per heavy atom. The largest absolute Gasteiger partial charge is 0.354 e. The molecule has 4 N–H and O–H groups in total. The van der Waals surface area contributed by atoms with Crippen molar-refractivity contribution in [2.75, 3.05) is 51.1 Å². The Kier molecular flexibility index (Phi) is 6.67. The van der Waals surface area contributed by atoms with Crippen LogP contribution >= 0.6 is 0 Å². The number of piperazine rings is 1. The molecule has 1 aromatic heterocycles. The molecule has 34 heavy (non-hydrogen) atoms. The van der Waals surface area contributed by atoms with Gasteiger partial charge >= 0.3 is 11.7 Å². The van der Waals surface area contributed by atoms with Gasteiger partial charge in [-0.2, -0.15) is 4.98 Å². The molecule has 0 bridgehead atoms. The number of benzene rings is 1. The van der Waals surface area contributed by atoms with E-state index >= 15 is 0 Å². The lowest BCUT2D eigenvalue weighted by Gasteiger charge is -2.51. The molecule has 3 aliphatic rings. The van der Waals surface area contributed by atoms with Gasteiger partial charge in [0.1, 0.15) is 5.82 Å². The summed E-state index contributed by atoms with van der Waals surface area (Å²) in [5.74, 6) is 0.274. The van der Waals surface area contributed by atoms with Gasteiger partial charge in [0.2, 0.25) is 0 Å². The number of rotatable bonds is 5. The molecule has 9 heteroatoms. The van der Waals surface area contributed by atoms with Gasteiger partial charge in [0.25, 0.3) is 0 Å². The predicted octanol–water partition coefficient (Wildman–Crippen LogP) is 1.42. The first-order valence-corrected chi connectivity index (χ1v) is 12.4. The molecule has 5 rings (SSSR count). The number of likely N-dealkylation sites (tertiary alicyclic amines) is 1. The predicted molar refractivity (Wildman–Crippen MR) is 132 cm³/mol. The average Bonchev–Trinajstić information content (AvgIpc) is 2.84. The number of nitrogens with zero attached hydrogens (tertiary/aromatic N) is 4. The third-order valence-electron chi connectivity index (χ3n) is 7.66. The maximum atomic E-state index is 12.7. The van der Waals surface area contributed by atoms with Crippen LogP contribution in [0.4, 0.5) is 10.6 Å². The summed E-state index contributed by atoms with van der Waals surface area (Å²) >= 11 is 0. The van der Waals surface area contributed by atoms with Crippen LogP contribution < -0.4 is 22.1 Å². The van der Waals surface area contributed by atoms with Gasteiger partial charge in [-0.1, -0.05) is 12.1 Å². The maximum Gasteiger partial charge on any atom is 0.354 e. The highest BCUT2D eigenvalue weighted by Crippen LogP contribution is 2.48. The summed E-state index contributed by atoms with van der Waals surface area (Å²) in [6, 6.07) is 9.93. The van der Waals surface area contributed by atoms with E-state index in [0.29, 0.717) is 24.5 Å². The number of hydrogen-bond donors (Lipinski definition) is 3. The minimum absolute atomic E-state index is 0.225. The van der Waals surface area contributed by atoms with E-state index in [2.05, 4.69) is 32.7 Å². The highest BCUT2D eigenvalue weighted by molar-refractivity contribution is 5.88. The van der Waals surface area contributed by atoms with E-state index < -0.39 is 5.69 Å². The van der Waals surface area contributed by atoms with Crippen molar-refractivity contribution in [3.8, 4) is 5.69 Å². The molecule has 1 saturated carbocycles. The number of amides is 2. The van der Waals surface area contributed by atoms with E-state index in [1.807, 2.05) is 12.1 Å². The van der Waals surface area contributed by atoms with E-state index in [4.69, 9.17) is 5.73 Å². The van der Waals surface area contributed by atoms with Crippen LogP contribution in [-0.4, -0.2) is 77.2 Å². The van der Waals surface area contributed by atoms with Crippen LogP contribution in [0.15, 0.2) is 41.3 Å². The Balaban J connectivity index is 1.17. The van der Waals surface area contributed by atoms with Gasteiger partial charge in [-0.15, -0.1) is 0 Å². The second-order valence-corrected chi connectivity index (χ2v) is 10.1. The molecule has 0 radical (unpaired) electrons. The lowest BCUT2D eigenvalue weighted by molar-refractivity contribution is 0.0185. The molecule has 2 aromatic rings. The molecule has 2 aliphatic heterocycles. The standard InChI is InChI=1S/C25H35N7O2/c26-20-17-25(18-20)6-12-30(13-7-25)10-4-19-2-1-3-21(16-19)32-11-5-22(29-24(32)34)28-23(33)31-14-8-27-9-15-31/h1-3,5,11,16,20,27H,4,6-10,12-15,17-18,26H2,(H,28,29,33,34). The number of hydrogen-bond acceptors (Lipinski definition) is 6. The van der Waals surface area contributed by atoms with Crippen molar-refractivity contribution >= 4 is 11.8 Å². The van der Waals surface area contributed by atoms with Gasteiger partial charge in [0.15, 0.2) is 0 Å². The van der Waals surface area contributed by atoms with Gasteiger partial charge in [-0.05, 0) is 74.4 Å². The Morgan fingerprint density at radius 1 is 1.15 bits per heavy atom. The number of nitrogens with two attached hydrogens (primary N) is 1. The van der Waals surface area contributed by atoms with Crippen molar-refractivity contribution in [1.29, 1.82) is 0 Å². The third kappa shape index (κ3) is 5.16. The Labute approximate surface area is 200 Å². The summed E-state index contributed by atoms with van der Waals surface area (Å²) in [5.41, 5.74) is 8.13. The zero-order valence-electron chi connectivity index (χ0n) is 19.7. The van der Waals surface area contributed by atoms with Crippen LogP contribution in [0.3, 0.4) is 0 Å². The van der Waals surface area contributed by atoms with Crippen molar-refractivity contribution < 1.29 is 4.79 Å². The average molecular weight is 466 g/mol. The second kappa shape index (κ2) is 9.85.